The highest BCUT2D eigenvalue weighted by Gasteiger charge is 2.19. The van der Waals surface area contributed by atoms with Gasteiger partial charge in [-0.1, -0.05) is 182 Å². The van der Waals surface area contributed by atoms with Crippen molar-refractivity contribution in [2.45, 2.75) is 0 Å². The Morgan fingerprint density at radius 1 is 0.210 bits per heavy atom. The number of para-hydroxylation sites is 1. The lowest BCUT2D eigenvalue weighted by Gasteiger charge is -2.16. The lowest BCUT2D eigenvalue weighted by atomic mass is 9.97. The molecule has 10 aromatic carbocycles. The average Bonchev–Trinajstić information content (AvgIpc) is 3.86. The molecule has 0 bridgehead atoms. The second kappa shape index (κ2) is 14.8. The molecule has 290 valence electrons. The molecular weight excluding hydrogens is 749 g/mol. The fourth-order valence-electron chi connectivity index (χ4n) is 9.52. The molecule has 12 rings (SSSR count). The quantitative estimate of drug-likeness (QED) is 0.152. The number of hydrogen-bond donors (Lipinski definition) is 0. The van der Waals surface area contributed by atoms with Crippen molar-refractivity contribution in [2.24, 2.45) is 0 Å². The van der Waals surface area contributed by atoms with Crippen molar-refractivity contribution in [1.29, 1.82) is 0 Å². The second-order valence-electron chi connectivity index (χ2n) is 16.1. The molecule has 0 radical (unpaired) electrons. The monoisotopic (exact) mass is 788 g/mol. The van der Waals surface area contributed by atoms with E-state index in [0.29, 0.717) is 0 Å². The van der Waals surface area contributed by atoms with E-state index in [1.54, 1.807) is 0 Å². The molecule has 0 spiro atoms. The van der Waals surface area contributed by atoms with Crippen LogP contribution in [0.5, 0.6) is 0 Å². The van der Waals surface area contributed by atoms with Gasteiger partial charge in [0.15, 0.2) is 0 Å². The van der Waals surface area contributed by atoms with Gasteiger partial charge in [-0.25, -0.2) is 0 Å². The molecule has 0 N–H and O–H groups in total. The maximum atomic E-state index is 2.45. The summed E-state index contributed by atoms with van der Waals surface area (Å²) in [6, 6.07) is 88.4. The van der Waals surface area contributed by atoms with Crippen molar-refractivity contribution >= 4 is 43.6 Å². The zero-order valence-electron chi connectivity index (χ0n) is 34.0. The summed E-state index contributed by atoms with van der Waals surface area (Å²) in [6.07, 6.45) is 0. The van der Waals surface area contributed by atoms with Crippen LogP contribution in [0.1, 0.15) is 0 Å². The van der Waals surface area contributed by atoms with Crippen LogP contribution < -0.4 is 0 Å². The predicted molar refractivity (Wildman–Crippen MR) is 262 cm³/mol. The lowest BCUT2D eigenvalue weighted by Crippen LogP contribution is -1.98. The van der Waals surface area contributed by atoms with Gasteiger partial charge in [-0.2, -0.15) is 0 Å². The summed E-state index contributed by atoms with van der Waals surface area (Å²) in [5, 5.41) is 4.94. The van der Waals surface area contributed by atoms with Crippen molar-refractivity contribution in [2.75, 3.05) is 0 Å². The van der Waals surface area contributed by atoms with Gasteiger partial charge in [0.1, 0.15) is 0 Å². The molecule has 2 heteroatoms. The van der Waals surface area contributed by atoms with E-state index in [0.717, 1.165) is 11.4 Å². The molecule has 0 amide bonds. The predicted octanol–water partition coefficient (Wildman–Crippen LogP) is 16.2. The molecule has 2 heterocycles. The molecule has 0 fully saturated rings. The number of benzene rings is 10. The van der Waals surface area contributed by atoms with Crippen molar-refractivity contribution in [3.8, 4) is 67.0 Å². The molecule has 0 aliphatic carbocycles. The normalized spacial score (nSPS) is 11.5. The minimum Gasteiger partial charge on any atom is -0.309 e. The van der Waals surface area contributed by atoms with Gasteiger partial charge in [0.05, 0.1) is 27.8 Å². The Morgan fingerprint density at radius 3 is 1.23 bits per heavy atom. The zero-order chi connectivity index (χ0) is 41.0. The first-order valence-electron chi connectivity index (χ1n) is 21.3. The fraction of sp³-hybridized carbons (Fsp3) is 0. The Labute approximate surface area is 360 Å². The first-order chi connectivity index (χ1) is 30.7. The zero-order valence-corrected chi connectivity index (χ0v) is 34.0. The number of fused-ring (bicyclic) bond motifs is 6. The Hall–Kier alpha value is -8.20. The van der Waals surface area contributed by atoms with Crippen LogP contribution >= 0.6 is 0 Å². The van der Waals surface area contributed by atoms with Crippen LogP contribution in [0.4, 0.5) is 0 Å². The SMILES string of the molecule is c1ccc(-c2ccc(-n3c4ccc(-c5ccc6c(c5)c5ccccc5n6-c5ccc(-c6ccccc6)cc5-c5ccccc5)cc4c4ccc(-c5ccccc5)cc43)cc2)cc1. The first kappa shape index (κ1) is 35.7. The van der Waals surface area contributed by atoms with E-state index in [9.17, 15) is 0 Å². The maximum Gasteiger partial charge on any atom is 0.0547 e. The smallest absolute Gasteiger partial charge is 0.0547 e. The standard InChI is InChI=1S/C60H40N2/c1-5-15-41(16-6-1)44-25-31-50(32-26-44)61-58-35-29-47(39-55(58)52-33-27-49(40-60(52)61)43-19-9-3-10-20-43)48-30-36-59-54(38-48)51-23-13-14-24-56(51)62(59)57-34-28-46(42-17-7-2-8-18-42)37-53(57)45-21-11-4-12-22-45/h1-40H. The molecule has 12 aromatic rings. The average molecular weight is 789 g/mol. The Morgan fingerprint density at radius 2 is 0.613 bits per heavy atom. The maximum absolute atomic E-state index is 2.45. The summed E-state index contributed by atoms with van der Waals surface area (Å²) in [7, 11) is 0. The third-order valence-corrected chi connectivity index (χ3v) is 12.5. The van der Waals surface area contributed by atoms with Crippen molar-refractivity contribution < 1.29 is 0 Å². The van der Waals surface area contributed by atoms with Gasteiger partial charge in [-0.15, -0.1) is 0 Å². The van der Waals surface area contributed by atoms with Gasteiger partial charge in [0, 0.05) is 32.8 Å². The topological polar surface area (TPSA) is 9.86 Å². The molecule has 62 heavy (non-hydrogen) atoms. The van der Waals surface area contributed by atoms with E-state index in [2.05, 4.69) is 252 Å². The molecular formula is C60H40N2. The van der Waals surface area contributed by atoms with Crippen molar-refractivity contribution in [3.63, 3.8) is 0 Å². The van der Waals surface area contributed by atoms with Crippen LogP contribution in [0.3, 0.4) is 0 Å². The molecule has 2 aromatic heterocycles. The van der Waals surface area contributed by atoms with Crippen LogP contribution in [-0.4, -0.2) is 9.13 Å². The lowest BCUT2D eigenvalue weighted by molar-refractivity contribution is 1.18. The Kier molecular flexibility index (Phi) is 8.53. The molecule has 2 nitrogen and oxygen atoms in total. The highest BCUT2D eigenvalue weighted by Crippen LogP contribution is 2.41. The summed E-state index contributed by atoms with van der Waals surface area (Å²) in [6.45, 7) is 0. The summed E-state index contributed by atoms with van der Waals surface area (Å²) in [4.78, 5) is 0. The number of hydrogen-bond acceptors (Lipinski definition) is 0. The van der Waals surface area contributed by atoms with Crippen molar-refractivity contribution in [1.82, 2.24) is 9.13 Å². The minimum atomic E-state index is 1.14. The van der Waals surface area contributed by atoms with Crippen molar-refractivity contribution in [3.05, 3.63) is 243 Å². The van der Waals surface area contributed by atoms with Gasteiger partial charge in [-0.05, 0) is 111 Å². The van der Waals surface area contributed by atoms with E-state index in [4.69, 9.17) is 0 Å². The molecule has 0 saturated heterocycles. The van der Waals surface area contributed by atoms with E-state index in [1.165, 1.54) is 99.2 Å². The molecule has 0 aliphatic heterocycles. The van der Waals surface area contributed by atoms with Crippen LogP contribution in [-0.2, 0) is 0 Å². The van der Waals surface area contributed by atoms with E-state index in [-0.39, 0.29) is 0 Å². The van der Waals surface area contributed by atoms with Gasteiger partial charge >= 0.3 is 0 Å². The highest BCUT2D eigenvalue weighted by molar-refractivity contribution is 6.13. The van der Waals surface area contributed by atoms with E-state index in [1.807, 2.05) is 0 Å². The highest BCUT2D eigenvalue weighted by atomic mass is 15.0. The molecule has 0 saturated carbocycles. The van der Waals surface area contributed by atoms with Gasteiger partial charge < -0.3 is 9.13 Å². The summed E-state index contributed by atoms with van der Waals surface area (Å²) in [5.74, 6) is 0. The van der Waals surface area contributed by atoms with E-state index < -0.39 is 0 Å². The summed E-state index contributed by atoms with van der Waals surface area (Å²) >= 11 is 0. The first-order valence-corrected chi connectivity index (χ1v) is 21.3. The Balaban J connectivity index is 1.02. The molecule has 0 unspecified atom stereocenters. The Bertz CT molecular complexity index is 3580. The van der Waals surface area contributed by atoms with Gasteiger partial charge in [0.2, 0.25) is 0 Å². The number of nitrogens with zero attached hydrogens (tertiary/aromatic N) is 2. The third-order valence-electron chi connectivity index (χ3n) is 12.5. The molecule has 0 atom stereocenters. The second-order valence-corrected chi connectivity index (χ2v) is 16.1. The minimum absolute atomic E-state index is 1.14. The van der Waals surface area contributed by atoms with E-state index >= 15 is 0 Å². The van der Waals surface area contributed by atoms with Crippen LogP contribution in [0.25, 0.3) is 111 Å². The number of rotatable bonds is 7. The van der Waals surface area contributed by atoms with Gasteiger partial charge in [0.25, 0.3) is 0 Å². The molecule has 0 aliphatic rings. The van der Waals surface area contributed by atoms with Crippen LogP contribution in [0.15, 0.2) is 243 Å². The number of aromatic nitrogens is 2. The fourth-order valence-corrected chi connectivity index (χ4v) is 9.52. The summed E-state index contributed by atoms with van der Waals surface area (Å²) < 4.78 is 4.88. The summed E-state index contributed by atoms with van der Waals surface area (Å²) in [5.41, 5.74) is 19.1. The van der Waals surface area contributed by atoms with Crippen LogP contribution in [0, 0.1) is 0 Å². The largest absolute Gasteiger partial charge is 0.309 e. The van der Waals surface area contributed by atoms with Gasteiger partial charge in [-0.3, -0.25) is 0 Å². The van der Waals surface area contributed by atoms with Crippen LogP contribution in [0.2, 0.25) is 0 Å². The third kappa shape index (κ3) is 6.04.